The number of carbonyl (C=O) groups is 3. The fourth-order valence-corrected chi connectivity index (χ4v) is 5.98. The van der Waals surface area contributed by atoms with E-state index in [4.69, 9.17) is 0 Å². The molecule has 216 valence electrons. The molecule has 10 heteroatoms. The molecular weight excluding hydrogens is 518 g/mol. The van der Waals surface area contributed by atoms with Crippen LogP contribution in [0.25, 0.3) is 0 Å². The van der Waals surface area contributed by atoms with E-state index in [2.05, 4.69) is 10.6 Å². The molecule has 2 aromatic rings. The molecule has 40 heavy (non-hydrogen) atoms. The summed E-state index contributed by atoms with van der Waals surface area (Å²) in [7, 11) is 1.58. The maximum absolute atomic E-state index is 14.0. The highest BCUT2D eigenvalue weighted by molar-refractivity contribution is 5.94. The van der Waals surface area contributed by atoms with Gasteiger partial charge in [0, 0.05) is 38.2 Å². The third-order valence-corrected chi connectivity index (χ3v) is 8.05. The maximum atomic E-state index is 14.0. The van der Waals surface area contributed by atoms with Gasteiger partial charge in [-0.3, -0.25) is 14.4 Å². The molecule has 0 aromatic heterocycles. The van der Waals surface area contributed by atoms with Gasteiger partial charge in [0.1, 0.15) is 23.7 Å². The highest BCUT2D eigenvalue weighted by Crippen LogP contribution is 2.39. The van der Waals surface area contributed by atoms with Crippen molar-refractivity contribution in [2.45, 2.75) is 70.3 Å². The maximum Gasteiger partial charge on any atom is 0.243 e. The first-order valence-corrected chi connectivity index (χ1v) is 13.8. The molecule has 2 fully saturated rings. The Morgan fingerprint density at radius 2 is 1.82 bits per heavy atom. The summed E-state index contributed by atoms with van der Waals surface area (Å²) in [6, 6.07) is 9.61. The lowest BCUT2D eigenvalue weighted by molar-refractivity contribution is -0.141. The standard InChI is InChI=1S/C30H38F2N4O4/c1-4-10-30(2)17-24(35(3)29(30)40)27(38)34-23(15-20-13-21(31)16-22(32)14-20)26(37)25-28(39)36(12-11-33-25)18-19-8-6-5-7-9-19/h5-9,13-14,16,23-26,33,37H,4,10-12,15,17-18H2,1-3H3,(H,34,38)/t23-,24-,25-,26-,30?/m0/s1. The van der Waals surface area contributed by atoms with Crippen LogP contribution >= 0.6 is 0 Å². The molecule has 4 rings (SSSR count). The zero-order chi connectivity index (χ0) is 29.0. The summed E-state index contributed by atoms with van der Waals surface area (Å²) in [6.07, 6.45) is 0.191. The number of benzene rings is 2. The Balaban J connectivity index is 1.56. The van der Waals surface area contributed by atoms with E-state index in [0.717, 1.165) is 30.2 Å². The summed E-state index contributed by atoms with van der Waals surface area (Å²) in [4.78, 5) is 43.0. The van der Waals surface area contributed by atoms with Crippen LogP contribution in [0, 0.1) is 17.0 Å². The van der Waals surface area contributed by atoms with Crippen molar-refractivity contribution in [1.82, 2.24) is 20.4 Å². The minimum atomic E-state index is -1.41. The Morgan fingerprint density at radius 3 is 2.48 bits per heavy atom. The first-order chi connectivity index (χ1) is 19.0. The van der Waals surface area contributed by atoms with Gasteiger partial charge in [0.05, 0.1) is 12.1 Å². The predicted octanol–water partition coefficient (Wildman–Crippen LogP) is 2.39. The molecular formula is C30H38F2N4O4. The second kappa shape index (κ2) is 12.4. The Morgan fingerprint density at radius 1 is 1.15 bits per heavy atom. The third-order valence-electron chi connectivity index (χ3n) is 8.05. The van der Waals surface area contributed by atoms with E-state index in [0.29, 0.717) is 32.5 Å². The number of amides is 3. The smallest absolute Gasteiger partial charge is 0.243 e. The van der Waals surface area contributed by atoms with Gasteiger partial charge in [0.25, 0.3) is 0 Å². The number of nitrogens with one attached hydrogen (secondary N) is 2. The molecule has 0 saturated carbocycles. The fraction of sp³-hybridized carbons (Fsp3) is 0.500. The SMILES string of the molecule is CCCC1(C)C[C@@H](C(=O)N[C@@H](Cc2cc(F)cc(F)c2)[C@H](O)[C@@H]2NCCN(Cc3ccccc3)C2=O)N(C)C1=O. The van der Waals surface area contributed by atoms with Gasteiger partial charge in [-0.1, -0.05) is 50.6 Å². The van der Waals surface area contributed by atoms with Gasteiger partial charge in [-0.2, -0.15) is 0 Å². The number of likely N-dealkylation sites (N-methyl/N-ethyl adjacent to an activating group) is 1. The molecule has 2 saturated heterocycles. The number of rotatable bonds is 10. The molecule has 5 atom stereocenters. The van der Waals surface area contributed by atoms with Crippen LogP contribution in [0.5, 0.6) is 0 Å². The number of aliphatic hydroxyl groups is 1. The van der Waals surface area contributed by atoms with Gasteiger partial charge >= 0.3 is 0 Å². The highest BCUT2D eigenvalue weighted by atomic mass is 19.1. The molecule has 2 heterocycles. The average Bonchev–Trinajstić information content (AvgIpc) is 3.13. The van der Waals surface area contributed by atoms with Crippen LogP contribution in [-0.4, -0.2) is 77.0 Å². The lowest BCUT2D eigenvalue weighted by Crippen LogP contribution is -2.64. The number of aliphatic hydroxyl groups excluding tert-OH is 1. The summed E-state index contributed by atoms with van der Waals surface area (Å²) in [6.45, 7) is 5.04. The number of hydrogen-bond donors (Lipinski definition) is 3. The van der Waals surface area contributed by atoms with Crippen LogP contribution < -0.4 is 10.6 Å². The minimum Gasteiger partial charge on any atom is -0.389 e. The molecule has 2 aliphatic rings. The quantitative estimate of drug-likeness (QED) is 0.417. The van der Waals surface area contributed by atoms with Crippen LogP contribution in [0.3, 0.4) is 0 Å². The van der Waals surface area contributed by atoms with Crippen molar-refractivity contribution in [3.63, 3.8) is 0 Å². The van der Waals surface area contributed by atoms with Gasteiger partial charge in [0.2, 0.25) is 17.7 Å². The average molecular weight is 557 g/mol. The van der Waals surface area contributed by atoms with Crippen molar-refractivity contribution in [2.75, 3.05) is 20.1 Å². The van der Waals surface area contributed by atoms with Crippen LogP contribution in [-0.2, 0) is 27.3 Å². The monoisotopic (exact) mass is 556 g/mol. The van der Waals surface area contributed by atoms with Crippen LogP contribution in [0.1, 0.15) is 44.2 Å². The van der Waals surface area contributed by atoms with E-state index in [1.54, 1.807) is 11.9 Å². The number of hydrogen-bond acceptors (Lipinski definition) is 5. The van der Waals surface area contributed by atoms with Crippen molar-refractivity contribution >= 4 is 17.7 Å². The zero-order valence-electron chi connectivity index (χ0n) is 23.2. The van der Waals surface area contributed by atoms with E-state index in [1.807, 2.05) is 44.2 Å². The van der Waals surface area contributed by atoms with Crippen molar-refractivity contribution in [1.29, 1.82) is 0 Å². The molecule has 0 radical (unpaired) electrons. The van der Waals surface area contributed by atoms with Gasteiger partial charge < -0.3 is 25.5 Å². The van der Waals surface area contributed by atoms with E-state index in [1.165, 1.54) is 4.90 Å². The second-order valence-corrected chi connectivity index (χ2v) is 11.2. The van der Waals surface area contributed by atoms with Crippen molar-refractivity contribution in [3.05, 3.63) is 71.3 Å². The summed E-state index contributed by atoms with van der Waals surface area (Å²) < 4.78 is 28.0. The predicted molar refractivity (Wildman–Crippen MR) is 146 cm³/mol. The molecule has 2 aliphatic heterocycles. The van der Waals surface area contributed by atoms with Crippen LogP contribution in [0.2, 0.25) is 0 Å². The lowest BCUT2D eigenvalue weighted by atomic mass is 9.82. The van der Waals surface area contributed by atoms with Crippen molar-refractivity contribution in [2.24, 2.45) is 5.41 Å². The Kier molecular flexibility index (Phi) is 9.20. The van der Waals surface area contributed by atoms with Gasteiger partial charge in [-0.25, -0.2) is 8.78 Å². The van der Waals surface area contributed by atoms with E-state index in [9.17, 15) is 28.3 Å². The molecule has 3 amide bonds. The first kappa shape index (κ1) is 29.6. The molecule has 1 unspecified atom stereocenters. The number of likely N-dealkylation sites (tertiary alicyclic amines) is 1. The summed E-state index contributed by atoms with van der Waals surface area (Å²) >= 11 is 0. The van der Waals surface area contributed by atoms with Gasteiger partial charge in [-0.05, 0) is 42.5 Å². The molecule has 0 bridgehead atoms. The third kappa shape index (κ3) is 6.50. The normalized spacial score (nSPS) is 24.8. The number of halogens is 2. The van der Waals surface area contributed by atoms with Crippen LogP contribution in [0.15, 0.2) is 48.5 Å². The van der Waals surface area contributed by atoms with E-state index in [-0.39, 0.29) is 23.8 Å². The number of piperazine rings is 1. The summed E-state index contributed by atoms with van der Waals surface area (Å²) in [5.41, 5.74) is 0.484. The van der Waals surface area contributed by atoms with Crippen molar-refractivity contribution in [3.8, 4) is 0 Å². The first-order valence-electron chi connectivity index (χ1n) is 13.8. The second-order valence-electron chi connectivity index (χ2n) is 11.2. The molecule has 8 nitrogen and oxygen atoms in total. The molecule has 2 aromatic carbocycles. The lowest BCUT2D eigenvalue weighted by Gasteiger charge is -2.38. The highest BCUT2D eigenvalue weighted by Gasteiger charge is 2.49. The molecule has 0 aliphatic carbocycles. The van der Waals surface area contributed by atoms with Gasteiger partial charge in [-0.15, -0.1) is 0 Å². The Labute approximate surface area is 233 Å². The Hall–Kier alpha value is -3.37. The zero-order valence-corrected chi connectivity index (χ0v) is 23.2. The minimum absolute atomic E-state index is 0.123. The Bertz CT molecular complexity index is 1210. The van der Waals surface area contributed by atoms with Gasteiger partial charge in [0.15, 0.2) is 0 Å². The van der Waals surface area contributed by atoms with E-state index < -0.39 is 47.2 Å². The molecule has 3 N–H and O–H groups in total. The molecule has 0 spiro atoms. The largest absolute Gasteiger partial charge is 0.389 e. The topological polar surface area (TPSA) is 102 Å². The number of nitrogens with zero attached hydrogens (tertiary/aromatic N) is 2. The summed E-state index contributed by atoms with van der Waals surface area (Å²) in [5, 5.41) is 17.4. The van der Waals surface area contributed by atoms with Crippen molar-refractivity contribution < 1.29 is 28.3 Å². The van der Waals surface area contributed by atoms with Crippen LogP contribution in [0.4, 0.5) is 8.78 Å². The number of carbonyl (C=O) groups excluding carboxylic acids is 3. The van der Waals surface area contributed by atoms with E-state index >= 15 is 0 Å². The fourth-order valence-electron chi connectivity index (χ4n) is 5.98. The summed E-state index contributed by atoms with van der Waals surface area (Å²) in [5.74, 6) is -2.52.